The van der Waals surface area contributed by atoms with Gasteiger partial charge in [0.05, 0.1) is 11.6 Å². The molecule has 3 rings (SSSR count). The van der Waals surface area contributed by atoms with Gasteiger partial charge in [0.15, 0.2) is 5.82 Å². The molecule has 0 aliphatic carbocycles. The van der Waals surface area contributed by atoms with Gasteiger partial charge in [-0.1, -0.05) is 33.8 Å². The number of pyridine rings is 1. The number of rotatable bonds is 3. The highest BCUT2D eigenvalue weighted by Crippen LogP contribution is 2.27. The number of carboxylic acid groups (broad SMARTS) is 1. The van der Waals surface area contributed by atoms with Crippen molar-refractivity contribution in [2.45, 2.75) is 39.5 Å². The molecule has 1 aliphatic rings. The van der Waals surface area contributed by atoms with Crippen molar-refractivity contribution in [3.63, 3.8) is 0 Å². The Bertz CT molecular complexity index is 856. The van der Waals surface area contributed by atoms with Gasteiger partial charge >= 0.3 is 12.0 Å². The van der Waals surface area contributed by atoms with Crippen molar-refractivity contribution < 1.29 is 14.7 Å². The molecule has 0 spiro atoms. The highest BCUT2D eigenvalue weighted by molar-refractivity contribution is 5.89. The summed E-state index contributed by atoms with van der Waals surface area (Å²) in [5, 5.41) is 16.9. The average molecular weight is 385 g/mol. The fourth-order valence-corrected chi connectivity index (χ4v) is 3.38. The zero-order valence-corrected chi connectivity index (χ0v) is 16.7. The van der Waals surface area contributed by atoms with Gasteiger partial charge < -0.3 is 10.0 Å². The molecule has 0 bridgehead atoms. The zero-order chi connectivity index (χ0) is 20.5. The van der Waals surface area contributed by atoms with Crippen LogP contribution in [0.3, 0.4) is 0 Å². The Morgan fingerprint density at radius 2 is 2.00 bits per heavy atom. The fourth-order valence-electron chi connectivity index (χ4n) is 3.38. The van der Waals surface area contributed by atoms with Gasteiger partial charge in [-0.15, -0.1) is 0 Å². The number of likely N-dealkylation sites (tertiary alicyclic amines) is 1. The molecule has 1 fully saturated rings. The number of aliphatic carboxylic acids is 1. The average Bonchev–Trinajstić information content (AvgIpc) is 3.06. The van der Waals surface area contributed by atoms with Gasteiger partial charge in [0.25, 0.3) is 0 Å². The van der Waals surface area contributed by atoms with Crippen LogP contribution in [-0.4, -0.2) is 49.9 Å². The lowest BCUT2D eigenvalue weighted by atomic mass is 9.91. The number of anilines is 1. The molecule has 1 aliphatic heterocycles. The van der Waals surface area contributed by atoms with Crippen molar-refractivity contribution in [2.75, 3.05) is 18.4 Å². The summed E-state index contributed by atoms with van der Waals surface area (Å²) in [4.78, 5) is 30.2. The number of piperidine rings is 1. The van der Waals surface area contributed by atoms with Crippen LogP contribution < -0.4 is 5.32 Å². The van der Waals surface area contributed by atoms with Gasteiger partial charge in [-0.25, -0.2) is 9.78 Å². The summed E-state index contributed by atoms with van der Waals surface area (Å²) in [6.45, 7) is 8.84. The number of amides is 2. The Kier molecular flexibility index (Phi) is 5.40. The fraction of sp³-hybridized carbons (Fsp3) is 0.500. The van der Waals surface area contributed by atoms with Gasteiger partial charge in [-0.3, -0.25) is 10.1 Å². The van der Waals surface area contributed by atoms with Gasteiger partial charge in [0.1, 0.15) is 5.82 Å². The lowest BCUT2D eigenvalue weighted by Crippen LogP contribution is -2.47. The van der Waals surface area contributed by atoms with E-state index in [2.05, 4.69) is 15.4 Å². The number of hydrogen-bond donors (Lipinski definition) is 2. The van der Waals surface area contributed by atoms with E-state index in [1.54, 1.807) is 15.8 Å². The standard InChI is InChI=1S/C20H27N5O3/c1-13-9-14(18(26)27)12-24(11-13)19(28)22-17-10-15(20(2,3)4)23-25(17)16-7-5-6-8-21-16/h5-8,10,13-14H,9,11-12H2,1-4H3,(H,22,28)(H,26,27). The molecule has 0 aromatic carbocycles. The van der Waals surface area contributed by atoms with E-state index in [0.717, 1.165) is 5.69 Å². The van der Waals surface area contributed by atoms with Crippen LogP contribution in [0.1, 0.15) is 39.8 Å². The highest BCUT2D eigenvalue weighted by atomic mass is 16.4. The van der Waals surface area contributed by atoms with E-state index in [9.17, 15) is 14.7 Å². The smallest absolute Gasteiger partial charge is 0.323 e. The molecule has 0 radical (unpaired) electrons. The molecule has 150 valence electrons. The minimum absolute atomic E-state index is 0.131. The van der Waals surface area contributed by atoms with Crippen LogP contribution in [-0.2, 0) is 10.2 Å². The number of hydrogen-bond acceptors (Lipinski definition) is 4. The summed E-state index contributed by atoms with van der Waals surface area (Å²) < 4.78 is 1.61. The second-order valence-electron chi connectivity index (χ2n) is 8.48. The first-order valence-corrected chi connectivity index (χ1v) is 9.46. The molecule has 2 aromatic rings. The maximum absolute atomic E-state index is 12.9. The van der Waals surface area contributed by atoms with Crippen LogP contribution in [0.15, 0.2) is 30.5 Å². The van der Waals surface area contributed by atoms with Crippen LogP contribution >= 0.6 is 0 Å². The first-order chi connectivity index (χ1) is 13.1. The second-order valence-corrected chi connectivity index (χ2v) is 8.48. The van der Waals surface area contributed by atoms with E-state index in [1.807, 2.05) is 52.0 Å². The van der Waals surface area contributed by atoms with E-state index in [4.69, 9.17) is 0 Å². The van der Waals surface area contributed by atoms with Crippen molar-refractivity contribution >= 4 is 17.8 Å². The first-order valence-electron chi connectivity index (χ1n) is 9.46. The number of carboxylic acids is 1. The lowest BCUT2D eigenvalue weighted by Gasteiger charge is -2.34. The molecule has 2 N–H and O–H groups in total. The number of carbonyl (C=O) groups excluding carboxylic acids is 1. The minimum Gasteiger partial charge on any atom is -0.481 e. The quantitative estimate of drug-likeness (QED) is 0.845. The third-order valence-electron chi connectivity index (χ3n) is 4.88. The number of nitrogens with zero attached hydrogens (tertiary/aromatic N) is 4. The zero-order valence-electron chi connectivity index (χ0n) is 16.7. The minimum atomic E-state index is -0.863. The summed E-state index contributed by atoms with van der Waals surface area (Å²) in [5.74, 6) is -0.160. The summed E-state index contributed by atoms with van der Waals surface area (Å²) in [6.07, 6.45) is 2.25. The molecule has 2 unspecified atom stereocenters. The van der Waals surface area contributed by atoms with Gasteiger partial charge in [0, 0.05) is 30.8 Å². The Morgan fingerprint density at radius 3 is 2.61 bits per heavy atom. The van der Waals surface area contributed by atoms with Crippen LogP contribution in [0.2, 0.25) is 0 Å². The second kappa shape index (κ2) is 7.61. The van der Waals surface area contributed by atoms with Crippen molar-refractivity contribution in [2.24, 2.45) is 11.8 Å². The summed E-state index contributed by atoms with van der Waals surface area (Å²) in [6, 6.07) is 7.01. The molecule has 3 heterocycles. The predicted molar refractivity (Wildman–Crippen MR) is 106 cm³/mol. The molecule has 28 heavy (non-hydrogen) atoms. The normalized spacial score (nSPS) is 20.1. The lowest BCUT2D eigenvalue weighted by molar-refractivity contribution is -0.143. The first kappa shape index (κ1) is 19.9. The van der Waals surface area contributed by atoms with Gasteiger partial charge in [0.2, 0.25) is 0 Å². The molecule has 2 atom stereocenters. The largest absolute Gasteiger partial charge is 0.481 e. The van der Waals surface area contributed by atoms with E-state index < -0.39 is 11.9 Å². The van der Waals surface area contributed by atoms with Crippen molar-refractivity contribution in [3.05, 3.63) is 36.2 Å². The Morgan fingerprint density at radius 1 is 1.25 bits per heavy atom. The molecule has 1 saturated heterocycles. The molecule has 8 heteroatoms. The number of carbonyl (C=O) groups is 2. The molecule has 2 amide bonds. The third-order valence-corrected chi connectivity index (χ3v) is 4.88. The molecular weight excluding hydrogens is 358 g/mol. The molecule has 8 nitrogen and oxygen atoms in total. The van der Waals surface area contributed by atoms with Crippen molar-refractivity contribution in [1.82, 2.24) is 19.7 Å². The van der Waals surface area contributed by atoms with Crippen molar-refractivity contribution in [1.29, 1.82) is 0 Å². The Balaban J connectivity index is 1.87. The molecule has 2 aromatic heterocycles. The van der Waals surface area contributed by atoms with E-state index >= 15 is 0 Å². The van der Waals surface area contributed by atoms with E-state index in [0.29, 0.717) is 24.6 Å². The summed E-state index contributed by atoms with van der Waals surface area (Å²) >= 11 is 0. The Hall–Kier alpha value is -2.90. The molecule has 0 saturated carbocycles. The topological polar surface area (TPSA) is 100 Å². The maximum Gasteiger partial charge on any atom is 0.323 e. The van der Waals surface area contributed by atoms with E-state index in [-0.39, 0.29) is 23.9 Å². The third kappa shape index (κ3) is 4.32. The SMILES string of the molecule is CC1CC(C(=O)O)CN(C(=O)Nc2cc(C(C)(C)C)nn2-c2ccccn2)C1. The summed E-state index contributed by atoms with van der Waals surface area (Å²) in [7, 11) is 0. The molecular formula is C20H27N5O3. The monoisotopic (exact) mass is 385 g/mol. The number of aromatic nitrogens is 3. The van der Waals surface area contributed by atoms with Gasteiger partial charge in [-0.2, -0.15) is 9.78 Å². The van der Waals surface area contributed by atoms with Crippen LogP contribution in [0, 0.1) is 11.8 Å². The number of urea groups is 1. The van der Waals surface area contributed by atoms with E-state index in [1.165, 1.54) is 0 Å². The van der Waals surface area contributed by atoms with Crippen LogP contribution in [0.5, 0.6) is 0 Å². The maximum atomic E-state index is 12.9. The predicted octanol–water partition coefficient (Wildman–Crippen LogP) is 3.14. The van der Waals surface area contributed by atoms with Crippen LogP contribution in [0.4, 0.5) is 10.6 Å². The Labute approximate surface area is 164 Å². The van der Waals surface area contributed by atoms with Gasteiger partial charge in [-0.05, 0) is 24.5 Å². The number of nitrogens with one attached hydrogen (secondary N) is 1. The van der Waals surface area contributed by atoms with Crippen LogP contribution in [0.25, 0.3) is 5.82 Å². The summed E-state index contributed by atoms with van der Waals surface area (Å²) in [5.41, 5.74) is 0.622. The highest BCUT2D eigenvalue weighted by Gasteiger charge is 2.32. The van der Waals surface area contributed by atoms with Crippen molar-refractivity contribution in [3.8, 4) is 5.82 Å².